The van der Waals surface area contributed by atoms with E-state index >= 15 is 0 Å². The van der Waals surface area contributed by atoms with Crippen LogP contribution in [0.4, 0.5) is 11.6 Å². The van der Waals surface area contributed by atoms with Crippen molar-refractivity contribution in [3.63, 3.8) is 0 Å². The number of aryl methyl sites for hydroxylation is 2. The summed E-state index contributed by atoms with van der Waals surface area (Å²) in [6, 6.07) is 0. The third kappa shape index (κ3) is 2.34. The molecular formula is C16H20N8. The van der Waals surface area contributed by atoms with Crippen LogP contribution in [0.1, 0.15) is 11.3 Å². The van der Waals surface area contributed by atoms with Crippen molar-refractivity contribution >= 4 is 22.8 Å². The molecule has 0 atom stereocenters. The summed E-state index contributed by atoms with van der Waals surface area (Å²) >= 11 is 0. The number of aromatic nitrogens is 6. The van der Waals surface area contributed by atoms with Crippen LogP contribution < -0.4 is 9.80 Å². The normalized spacial score (nSPS) is 15.3. The quantitative estimate of drug-likeness (QED) is 0.698. The van der Waals surface area contributed by atoms with E-state index in [1.165, 1.54) is 0 Å². The minimum absolute atomic E-state index is 0.743. The van der Waals surface area contributed by atoms with Gasteiger partial charge in [0.1, 0.15) is 24.0 Å². The molecule has 124 valence electrons. The second-order valence-electron chi connectivity index (χ2n) is 6.11. The Morgan fingerprint density at radius 2 is 1.42 bits per heavy atom. The summed E-state index contributed by atoms with van der Waals surface area (Å²) < 4.78 is 1.98. The van der Waals surface area contributed by atoms with Gasteiger partial charge in [0.25, 0.3) is 0 Å². The minimum atomic E-state index is 0.743. The van der Waals surface area contributed by atoms with Crippen LogP contribution in [0, 0.1) is 13.8 Å². The smallest absolute Gasteiger partial charge is 0.182 e. The van der Waals surface area contributed by atoms with Crippen LogP contribution in [0.25, 0.3) is 11.2 Å². The number of hydrogen-bond donors (Lipinski definition) is 0. The van der Waals surface area contributed by atoms with E-state index in [1.54, 1.807) is 19.0 Å². The third-order valence-corrected chi connectivity index (χ3v) is 4.68. The van der Waals surface area contributed by atoms with Crippen molar-refractivity contribution in [2.24, 2.45) is 7.05 Å². The zero-order chi connectivity index (χ0) is 16.7. The molecule has 8 heteroatoms. The van der Waals surface area contributed by atoms with Crippen LogP contribution in [0.3, 0.4) is 0 Å². The summed E-state index contributed by atoms with van der Waals surface area (Å²) in [4.78, 5) is 26.4. The van der Waals surface area contributed by atoms with Gasteiger partial charge in [0.05, 0.1) is 6.33 Å². The maximum atomic E-state index is 4.50. The molecule has 4 heterocycles. The van der Waals surface area contributed by atoms with Crippen LogP contribution in [0.2, 0.25) is 0 Å². The Kier molecular flexibility index (Phi) is 3.51. The topological polar surface area (TPSA) is 75.9 Å². The third-order valence-electron chi connectivity index (χ3n) is 4.68. The van der Waals surface area contributed by atoms with E-state index in [1.807, 2.05) is 18.5 Å². The highest BCUT2D eigenvalue weighted by Crippen LogP contribution is 2.25. The van der Waals surface area contributed by atoms with Gasteiger partial charge in [0.2, 0.25) is 0 Å². The first-order valence-electron chi connectivity index (χ1n) is 8.05. The van der Waals surface area contributed by atoms with E-state index in [-0.39, 0.29) is 0 Å². The molecule has 8 nitrogen and oxygen atoms in total. The minimum Gasteiger partial charge on any atom is -0.353 e. The summed E-state index contributed by atoms with van der Waals surface area (Å²) in [6.07, 6.45) is 5.02. The van der Waals surface area contributed by atoms with Crippen molar-refractivity contribution in [1.29, 1.82) is 0 Å². The molecule has 0 aromatic carbocycles. The predicted octanol–water partition coefficient (Wildman–Crippen LogP) is 1.10. The van der Waals surface area contributed by atoms with Crippen molar-refractivity contribution in [2.75, 3.05) is 36.0 Å². The highest BCUT2D eigenvalue weighted by Gasteiger charge is 2.23. The van der Waals surface area contributed by atoms with Gasteiger partial charge in [-0.05, 0) is 13.8 Å². The average molecular weight is 324 g/mol. The van der Waals surface area contributed by atoms with Gasteiger partial charge in [0.15, 0.2) is 11.5 Å². The largest absolute Gasteiger partial charge is 0.353 e. The van der Waals surface area contributed by atoms with Gasteiger partial charge in [-0.3, -0.25) is 0 Å². The van der Waals surface area contributed by atoms with Gasteiger partial charge in [-0.2, -0.15) is 0 Å². The van der Waals surface area contributed by atoms with E-state index < -0.39 is 0 Å². The Balaban J connectivity index is 1.58. The maximum Gasteiger partial charge on any atom is 0.182 e. The first-order chi connectivity index (χ1) is 11.6. The zero-order valence-corrected chi connectivity index (χ0v) is 14.1. The number of imidazole rings is 1. The Morgan fingerprint density at radius 1 is 0.792 bits per heavy atom. The summed E-state index contributed by atoms with van der Waals surface area (Å²) in [5.74, 6) is 1.99. The lowest BCUT2D eigenvalue weighted by atomic mass is 10.2. The molecule has 3 aromatic rings. The van der Waals surface area contributed by atoms with E-state index in [4.69, 9.17) is 0 Å². The fourth-order valence-corrected chi connectivity index (χ4v) is 3.18. The highest BCUT2D eigenvalue weighted by molar-refractivity contribution is 5.83. The van der Waals surface area contributed by atoms with Gasteiger partial charge in [-0.25, -0.2) is 24.9 Å². The van der Waals surface area contributed by atoms with Crippen LogP contribution in [0.15, 0.2) is 19.0 Å². The number of rotatable bonds is 2. The molecule has 1 saturated heterocycles. The summed E-state index contributed by atoms with van der Waals surface area (Å²) in [7, 11) is 1.98. The van der Waals surface area contributed by atoms with Crippen molar-refractivity contribution in [2.45, 2.75) is 13.8 Å². The molecule has 3 aromatic heterocycles. The standard InChI is InChI=1S/C16H20N8/c1-11-12(2)17-8-19-15(11)23-4-6-24(7-5-23)16-13-14(18-9-20-16)21-10-22(13)3/h8-10H,4-7H2,1-3H3. The average Bonchev–Trinajstić information content (AvgIpc) is 2.99. The molecule has 0 bridgehead atoms. The monoisotopic (exact) mass is 324 g/mol. The number of anilines is 2. The molecule has 4 rings (SSSR count). The Bertz CT molecular complexity index is 879. The molecule has 0 unspecified atom stereocenters. The maximum absolute atomic E-state index is 4.50. The predicted molar refractivity (Wildman–Crippen MR) is 92.2 cm³/mol. The molecule has 0 amide bonds. The highest BCUT2D eigenvalue weighted by atomic mass is 15.3. The van der Waals surface area contributed by atoms with Crippen LogP contribution >= 0.6 is 0 Å². The number of fused-ring (bicyclic) bond motifs is 1. The van der Waals surface area contributed by atoms with Gasteiger partial charge in [0, 0.05) is 44.5 Å². The summed E-state index contributed by atoms with van der Waals surface area (Å²) in [6.45, 7) is 7.69. The number of piperazine rings is 1. The van der Waals surface area contributed by atoms with Gasteiger partial charge >= 0.3 is 0 Å². The fourth-order valence-electron chi connectivity index (χ4n) is 3.18. The molecule has 0 aliphatic carbocycles. The molecule has 24 heavy (non-hydrogen) atoms. The second kappa shape index (κ2) is 5.70. The lowest BCUT2D eigenvalue weighted by Crippen LogP contribution is -2.47. The van der Waals surface area contributed by atoms with E-state index in [0.717, 1.165) is 60.2 Å². The summed E-state index contributed by atoms with van der Waals surface area (Å²) in [5, 5.41) is 0. The lowest BCUT2D eigenvalue weighted by Gasteiger charge is -2.36. The van der Waals surface area contributed by atoms with Gasteiger partial charge < -0.3 is 14.4 Å². The first kappa shape index (κ1) is 14.8. The Hall–Kier alpha value is -2.77. The molecule has 1 aliphatic heterocycles. The van der Waals surface area contributed by atoms with Crippen molar-refractivity contribution in [3.8, 4) is 0 Å². The van der Waals surface area contributed by atoms with Gasteiger partial charge in [-0.1, -0.05) is 0 Å². The van der Waals surface area contributed by atoms with Crippen LogP contribution in [0.5, 0.6) is 0 Å². The van der Waals surface area contributed by atoms with E-state index in [2.05, 4.69) is 41.6 Å². The molecular weight excluding hydrogens is 304 g/mol. The van der Waals surface area contributed by atoms with Crippen molar-refractivity contribution < 1.29 is 0 Å². The van der Waals surface area contributed by atoms with Gasteiger partial charge in [-0.15, -0.1) is 0 Å². The van der Waals surface area contributed by atoms with Crippen LogP contribution in [-0.2, 0) is 7.05 Å². The molecule has 0 saturated carbocycles. The first-order valence-corrected chi connectivity index (χ1v) is 8.05. The fraction of sp³-hybridized carbons (Fsp3) is 0.438. The van der Waals surface area contributed by atoms with Crippen LogP contribution in [-0.4, -0.2) is 55.7 Å². The molecule has 1 fully saturated rings. The Labute approximate surface area is 140 Å². The number of hydrogen-bond acceptors (Lipinski definition) is 7. The van der Waals surface area contributed by atoms with Crippen molar-refractivity contribution in [1.82, 2.24) is 29.5 Å². The number of nitrogens with zero attached hydrogens (tertiary/aromatic N) is 8. The Morgan fingerprint density at radius 3 is 2.17 bits per heavy atom. The molecule has 0 N–H and O–H groups in total. The van der Waals surface area contributed by atoms with E-state index in [9.17, 15) is 0 Å². The molecule has 1 aliphatic rings. The molecule has 0 radical (unpaired) electrons. The summed E-state index contributed by atoms with van der Waals surface area (Å²) in [5.41, 5.74) is 3.92. The zero-order valence-electron chi connectivity index (χ0n) is 14.1. The lowest BCUT2D eigenvalue weighted by molar-refractivity contribution is 0.639. The molecule has 0 spiro atoms. The van der Waals surface area contributed by atoms with Crippen molar-refractivity contribution in [3.05, 3.63) is 30.2 Å². The van der Waals surface area contributed by atoms with E-state index in [0.29, 0.717) is 0 Å². The second-order valence-corrected chi connectivity index (χ2v) is 6.11. The SMILES string of the molecule is Cc1ncnc(N2CCN(c3ncnc4ncn(C)c34)CC2)c1C.